The molecule has 0 bridgehead atoms. The smallest absolute Gasteiger partial charge is 0.292 e. The van der Waals surface area contributed by atoms with Gasteiger partial charge in [0.2, 0.25) is 0 Å². The van der Waals surface area contributed by atoms with Crippen LogP contribution in [0.4, 0.5) is 11.4 Å². The van der Waals surface area contributed by atoms with E-state index in [1.54, 1.807) is 6.07 Å². The molecule has 5 nitrogen and oxygen atoms in total. The van der Waals surface area contributed by atoms with Gasteiger partial charge in [-0.3, -0.25) is 10.1 Å². The van der Waals surface area contributed by atoms with E-state index in [0.717, 1.165) is 12.8 Å². The van der Waals surface area contributed by atoms with Crippen molar-refractivity contribution in [3.8, 4) is 5.75 Å². The lowest BCUT2D eigenvalue weighted by Crippen LogP contribution is -2.21. The lowest BCUT2D eigenvalue weighted by Gasteiger charge is -2.25. The van der Waals surface area contributed by atoms with Gasteiger partial charge in [0.05, 0.1) is 11.5 Å². The maximum absolute atomic E-state index is 10.7. The van der Waals surface area contributed by atoms with Crippen molar-refractivity contribution in [2.45, 2.75) is 19.8 Å². The number of anilines is 1. The zero-order valence-electron chi connectivity index (χ0n) is 10.9. The molecule has 0 aliphatic heterocycles. The highest BCUT2D eigenvalue weighted by atomic mass is 16.6. The van der Waals surface area contributed by atoms with Crippen LogP contribution in [0.5, 0.6) is 5.75 Å². The zero-order valence-corrected chi connectivity index (χ0v) is 10.9. The summed E-state index contributed by atoms with van der Waals surface area (Å²) in [5.41, 5.74) is 5.68. The molecular weight excluding hydrogens is 244 g/mol. The first-order valence-electron chi connectivity index (χ1n) is 6.39. The average Bonchev–Trinajstić information content (AvgIpc) is 2.37. The molecule has 5 heteroatoms. The molecule has 2 atom stereocenters. The number of rotatable bonds is 4. The molecule has 2 rings (SSSR count). The third-order valence-corrected chi connectivity index (χ3v) is 3.58. The molecule has 0 saturated carbocycles. The van der Waals surface area contributed by atoms with Crippen LogP contribution in [0.3, 0.4) is 0 Å². The Morgan fingerprint density at radius 3 is 2.79 bits per heavy atom. The topological polar surface area (TPSA) is 78.4 Å². The monoisotopic (exact) mass is 262 g/mol. The van der Waals surface area contributed by atoms with Gasteiger partial charge in [0.25, 0.3) is 5.69 Å². The highest BCUT2D eigenvalue weighted by molar-refractivity contribution is 5.60. The lowest BCUT2D eigenvalue weighted by atomic mass is 9.85. The van der Waals surface area contributed by atoms with Gasteiger partial charge in [0.15, 0.2) is 0 Å². The Balaban J connectivity index is 1.98. The molecule has 1 aromatic carbocycles. The predicted octanol–water partition coefficient (Wildman–Crippen LogP) is 3.16. The third kappa shape index (κ3) is 3.24. The molecule has 0 heterocycles. The number of benzene rings is 1. The maximum atomic E-state index is 10.7. The van der Waals surface area contributed by atoms with E-state index in [9.17, 15) is 10.1 Å². The van der Waals surface area contributed by atoms with E-state index in [1.165, 1.54) is 12.1 Å². The highest BCUT2D eigenvalue weighted by Gasteiger charge is 2.19. The van der Waals surface area contributed by atoms with Crippen LogP contribution < -0.4 is 10.5 Å². The number of hydrogen-bond donors (Lipinski definition) is 1. The summed E-state index contributed by atoms with van der Waals surface area (Å²) in [5, 5.41) is 10.7. The quantitative estimate of drug-likeness (QED) is 0.391. The highest BCUT2D eigenvalue weighted by Crippen LogP contribution is 2.29. The van der Waals surface area contributed by atoms with E-state index in [-0.39, 0.29) is 11.4 Å². The number of nitrogens with zero attached hydrogens (tertiary/aromatic N) is 1. The minimum absolute atomic E-state index is 0.0821. The number of nitro groups is 1. The minimum Gasteiger partial charge on any atom is -0.493 e. The Kier molecular flexibility index (Phi) is 4.04. The van der Waals surface area contributed by atoms with Crippen molar-refractivity contribution in [1.82, 2.24) is 0 Å². The van der Waals surface area contributed by atoms with Gasteiger partial charge < -0.3 is 10.5 Å². The zero-order chi connectivity index (χ0) is 13.8. The van der Waals surface area contributed by atoms with Gasteiger partial charge in [0, 0.05) is 12.1 Å². The number of ether oxygens (including phenoxy) is 1. The molecule has 1 aliphatic carbocycles. The summed E-state index contributed by atoms with van der Waals surface area (Å²) in [6, 6.07) is 4.49. The number of hydrogen-bond acceptors (Lipinski definition) is 4. The van der Waals surface area contributed by atoms with Crippen LogP contribution in [0.25, 0.3) is 0 Å². The normalized spacial score (nSPS) is 22.2. The van der Waals surface area contributed by atoms with Crippen LogP contribution in [0, 0.1) is 22.0 Å². The van der Waals surface area contributed by atoms with Gasteiger partial charge in [-0.2, -0.15) is 0 Å². The second-order valence-corrected chi connectivity index (χ2v) is 4.97. The number of nitrogens with two attached hydrogens (primary N) is 1. The van der Waals surface area contributed by atoms with E-state index in [1.807, 2.05) is 0 Å². The average molecular weight is 262 g/mol. The molecule has 0 fully saturated rings. The summed E-state index contributed by atoms with van der Waals surface area (Å²) in [6.45, 7) is 2.82. The fourth-order valence-corrected chi connectivity index (χ4v) is 2.23. The van der Waals surface area contributed by atoms with E-state index in [2.05, 4.69) is 19.1 Å². The van der Waals surface area contributed by atoms with Crippen LogP contribution in [0.15, 0.2) is 30.4 Å². The first-order valence-corrected chi connectivity index (χ1v) is 6.39. The molecule has 19 heavy (non-hydrogen) atoms. The Labute approximate surface area is 112 Å². The van der Waals surface area contributed by atoms with Crippen molar-refractivity contribution >= 4 is 11.4 Å². The van der Waals surface area contributed by atoms with Crippen LogP contribution in [-0.4, -0.2) is 11.5 Å². The third-order valence-electron chi connectivity index (χ3n) is 3.58. The van der Waals surface area contributed by atoms with Crippen molar-refractivity contribution < 1.29 is 9.66 Å². The Bertz CT molecular complexity index is 499. The molecule has 0 saturated heterocycles. The summed E-state index contributed by atoms with van der Waals surface area (Å²) in [4.78, 5) is 10.2. The first kappa shape index (κ1) is 13.4. The second kappa shape index (κ2) is 5.73. The van der Waals surface area contributed by atoms with Crippen LogP contribution in [0.1, 0.15) is 19.8 Å². The van der Waals surface area contributed by atoms with Crippen molar-refractivity contribution in [2.75, 3.05) is 12.3 Å². The fourth-order valence-electron chi connectivity index (χ4n) is 2.23. The van der Waals surface area contributed by atoms with Gasteiger partial charge in [-0.1, -0.05) is 19.1 Å². The number of nitrogen functional groups attached to an aromatic ring is 1. The van der Waals surface area contributed by atoms with E-state index >= 15 is 0 Å². The standard InChI is InChI=1S/C14H18N2O3/c1-10-4-2-3-5-11(10)9-19-12-6-7-14(16(17)18)13(15)8-12/h2-3,6-8,10-11H,4-5,9,15H2,1H3. The number of nitro benzene ring substituents is 1. The van der Waals surface area contributed by atoms with Crippen molar-refractivity contribution in [2.24, 2.45) is 11.8 Å². The molecule has 0 amide bonds. The van der Waals surface area contributed by atoms with Gasteiger partial charge in [0.1, 0.15) is 11.4 Å². The van der Waals surface area contributed by atoms with Crippen LogP contribution >= 0.6 is 0 Å². The summed E-state index contributed by atoms with van der Waals surface area (Å²) >= 11 is 0. The lowest BCUT2D eigenvalue weighted by molar-refractivity contribution is -0.383. The van der Waals surface area contributed by atoms with E-state index < -0.39 is 4.92 Å². The molecular formula is C14H18N2O3. The Hall–Kier alpha value is -2.04. The molecule has 1 aromatic rings. The molecule has 1 aliphatic rings. The van der Waals surface area contributed by atoms with E-state index in [4.69, 9.17) is 10.5 Å². The summed E-state index contributed by atoms with van der Waals surface area (Å²) in [7, 11) is 0. The maximum Gasteiger partial charge on any atom is 0.292 e. The van der Waals surface area contributed by atoms with Crippen LogP contribution in [-0.2, 0) is 0 Å². The molecule has 0 radical (unpaired) electrons. The Morgan fingerprint density at radius 1 is 1.42 bits per heavy atom. The molecule has 0 aromatic heterocycles. The molecule has 2 N–H and O–H groups in total. The predicted molar refractivity (Wildman–Crippen MR) is 74.0 cm³/mol. The van der Waals surface area contributed by atoms with Crippen molar-refractivity contribution in [1.29, 1.82) is 0 Å². The molecule has 2 unspecified atom stereocenters. The first-order chi connectivity index (χ1) is 9.08. The van der Waals surface area contributed by atoms with Crippen molar-refractivity contribution in [3.63, 3.8) is 0 Å². The van der Waals surface area contributed by atoms with Gasteiger partial charge in [-0.05, 0) is 30.7 Å². The molecule has 0 spiro atoms. The minimum atomic E-state index is -0.493. The van der Waals surface area contributed by atoms with Crippen LogP contribution in [0.2, 0.25) is 0 Å². The fraction of sp³-hybridized carbons (Fsp3) is 0.429. The SMILES string of the molecule is CC1CC=CCC1COc1ccc([N+](=O)[O-])c(N)c1. The largest absolute Gasteiger partial charge is 0.493 e. The Morgan fingerprint density at radius 2 is 2.16 bits per heavy atom. The number of allylic oxidation sites excluding steroid dienone is 2. The second-order valence-electron chi connectivity index (χ2n) is 4.97. The summed E-state index contributed by atoms with van der Waals surface area (Å²) in [5.74, 6) is 1.67. The van der Waals surface area contributed by atoms with E-state index in [0.29, 0.717) is 24.2 Å². The summed E-state index contributed by atoms with van der Waals surface area (Å²) in [6.07, 6.45) is 6.48. The summed E-state index contributed by atoms with van der Waals surface area (Å²) < 4.78 is 5.69. The van der Waals surface area contributed by atoms with Gasteiger partial charge >= 0.3 is 0 Å². The van der Waals surface area contributed by atoms with Gasteiger partial charge in [-0.15, -0.1) is 0 Å². The van der Waals surface area contributed by atoms with Gasteiger partial charge in [-0.25, -0.2) is 0 Å². The van der Waals surface area contributed by atoms with Crippen molar-refractivity contribution in [3.05, 3.63) is 40.5 Å². The molecule has 102 valence electrons.